The Morgan fingerprint density at radius 2 is 1.71 bits per heavy atom. The number of aromatic nitrogens is 3. The Labute approximate surface area is 202 Å². The number of nitrogens with two attached hydrogens (primary N) is 1. The number of alkyl carbamates (subject to hydrolysis) is 1. The zero-order chi connectivity index (χ0) is 25.2. The molecule has 3 N–H and O–H groups in total. The van der Waals surface area contributed by atoms with Gasteiger partial charge in [0.15, 0.2) is 5.82 Å². The van der Waals surface area contributed by atoms with Crippen LogP contribution in [0.3, 0.4) is 0 Å². The van der Waals surface area contributed by atoms with Crippen LogP contribution in [0.5, 0.6) is 0 Å². The van der Waals surface area contributed by atoms with Crippen LogP contribution in [0.2, 0.25) is 0 Å². The van der Waals surface area contributed by atoms with Crippen LogP contribution in [0, 0.1) is 5.82 Å². The van der Waals surface area contributed by atoms with Crippen molar-refractivity contribution >= 4 is 34.8 Å². The molecule has 0 atom stereocenters. The van der Waals surface area contributed by atoms with E-state index in [0.29, 0.717) is 48.7 Å². The molecule has 0 bridgehead atoms. The molecule has 2 aromatic heterocycles. The van der Waals surface area contributed by atoms with Gasteiger partial charge >= 0.3 is 6.09 Å². The van der Waals surface area contributed by atoms with Crippen molar-refractivity contribution in [3.05, 3.63) is 42.2 Å². The molecule has 184 valence electrons. The minimum absolute atomic E-state index is 0.129. The number of pyridine rings is 1. The van der Waals surface area contributed by atoms with E-state index in [2.05, 4.69) is 15.3 Å². The quantitative estimate of drug-likeness (QED) is 0.582. The molecule has 35 heavy (non-hydrogen) atoms. The van der Waals surface area contributed by atoms with Crippen LogP contribution in [0.4, 0.5) is 21.0 Å². The maximum absolute atomic E-state index is 13.3. The number of hydrogen-bond acceptors (Lipinski definition) is 8. The molecule has 0 aliphatic carbocycles. The van der Waals surface area contributed by atoms with Gasteiger partial charge in [-0.15, -0.1) is 0 Å². The van der Waals surface area contributed by atoms with Gasteiger partial charge in [0.05, 0.1) is 11.2 Å². The third-order valence-corrected chi connectivity index (χ3v) is 5.40. The number of nitrogens with zero attached hydrogens (tertiary/aromatic N) is 5. The molecule has 0 saturated carbocycles. The second kappa shape index (κ2) is 9.69. The summed E-state index contributed by atoms with van der Waals surface area (Å²) in [6.07, 6.45) is -0.629. The first kappa shape index (κ1) is 24.1. The number of anilines is 2. The molecule has 1 aliphatic heterocycles. The first-order valence-corrected chi connectivity index (χ1v) is 11.3. The lowest BCUT2D eigenvalue weighted by Gasteiger charge is -2.35. The molecule has 1 fully saturated rings. The summed E-state index contributed by atoms with van der Waals surface area (Å²) in [5.41, 5.74) is 7.92. The van der Waals surface area contributed by atoms with Crippen molar-refractivity contribution in [2.75, 3.05) is 43.4 Å². The zero-order valence-corrected chi connectivity index (χ0v) is 19.9. The number of halogens is 1. The van der Waals surface area contributed by atoms with Gasteiger partial charge in [0.25, 0.3) is 0 Å². The van der Waals surface area contributed by atoms with E-state index in [1.54, 1.807) is 43.9 Å². The second-order valence-corrected chi connectivity index (χ2v) is 9.20. The lowest BCUT2D eigenvalue weighted by molar-refractivity contribution is -0.130. The van der Waals surface area contributed by atoms with E-state index in [-0.39, 0.29) is 24.2 Å². The lowest BCUT2D eigenvalue weighted by Crippen LogP contribution is -2.51. The third kappa shape index (κ3) is 5.92. The average molecular weight is 482 g/mol. The van der Waals surface area contributed by atoms with E-state index < -0.39 is 11.7 Å². The highest BCUT2D eigenvalue weighted by molar-refractivity contribution is 5.89. The van der Waals surface area contributed by atoms with Gasteiger partial charge in [-0.2, -0.15) is 4.98 Å². The number of piperazine rings is 1. The maximum atomic E-state index is 13.3. The van der Waals surface area contributed by atoms with Crippen molar-refractivity contribution < 1.29 is 18.7 Å². The molecule has 3 aromatic rings. The number of amides is 2. The average Bonchev–Trinajstić information content (AvgIpc) is 2.81. The SMILES string of the molecule is CC(C)(C)OC(=O)NCC(=O)N1CCN(c2nc(N)nc3ccc(-c4ccc(F)cc4)nc23)CC1. The molecule has 1 saturated heterocycles. The minimum atomic E-state index is -0.633. The molecule has 10 nitrogen and oxygen atoms in total. The van der Waals surface area contributed by atoms with Crippen molar-refractivity contribution in [2.45, 2.75) is 26.4 Å². The number of carbonyl (C=O) groups is 2. The number of ether oxygens (including phenoxy) is 1. The van der Waals surface area contributed by atoms with Gasteiger partial charge in [-0.1, -0.05) is 0 Å². The molecule has 4 rings (SSSR count). The van der Waals surface area contributed by atoms with Crippen LogP contribution in [0.15, 0.2) is 36.4 Å². The smallest absolute Gasteiger partial charge is 0.408 e. The summed E-state index contributed by atoms with van der Waals surface area (Å²) in [7, 11) is 0. The van der Waals surface area contributed by atoms with Crippen molar-refractivity contribution in [3.8, 4) is 11.3 Å². The van der Waals surface area contributed by atoms with E-state index >= 15 is 0 Å². The fraction of sp³-hybridized carbons (Fsp3) is 0.375. The number of hydrogen-bond donors (Lipinski definition) is 2. The maximum Gasteiger partial charge on any atom is 0.408 e. The second-order valence-electron chi connectivity index (χ2n) is 9.20. The van der Waals surface area contributed by atoms with Gasteiger partial charge < -0.3 is 25.6 Å². The topological polar surface area (TPSA) is 127 Å². The summed E-state index contributed by atoms with van der Waals surface area (Å²) in [4.78, 5) is 41.5. The molecule has 11 heteroatoms. The van der Waals surface area contributed by atoms with E-state index in [4.69, 9.17) is 15.5 Å². The van der Waals surface area contributed by atoms with Crippen LogP contribution < -0.4 is 16.0 Å². The fourth-order valence-corrected chi connectivity index (χ4v) is 3.76. The first-order valence-electron chi connectivity index (χ1n) is 11.3. The van der Waals surface area contributed by atoms with Crippen molar-refractivity contribution in [1.29, 1.82) is 0 Å². The highest BCUT2D eigenvalue weighted by atomic mass is 19.1. The number of benzene rings is 1. The van der Waals surface area contributed by atoms with Gasteiger partial charge in [-0.25, -0.2) is 19.2 Å². The van der Waals surface area contributed by atoms with Gasteiger partial charge in [-0.3, -0.25) is 4.79 Å². The molecule has 0 radical (unpaired) electrons. The number of carbonyl (C=O) groups excluding carboxylic acids is 2. The Balaban J connectivity index is 1.46. The Hall–Kier alpha value is -4.02. The Kier molecular flexibility index (Phi) is 6.68. The van der Waals surface area contributed by atoms with E-state index in [0.717, 1.165) is 5.56 Å². The molecular weight excluding hydrogens is 453 g/mol. The van der Waals surface area contributed by atoms with Gasteiger partial charge in [0.2, 0.25) is 11.9 Å². The molecule has 3 heterocycles. The Morgan fingerprint density at radius 3 is 2.37 bits per heavy atom. The van der Waals surface area contributed by atoms with Crippen LogP contribution >= 0.6 is 0 Å². The number of rotatable bonds is 4. The molecular formula is C24H28FN7O3. The molecule has 0 spiro atoms. The normalized spacial score (nSPS) is 14.2. The lowest BCUT2D eigenvalue weighted by atomic mass is 10.1. The summed E-state index contributed by atoms with van der Waals surface area (Å²) in [6.45, 7) is 7.03. The fourth-order valence-electron chi connectivity index (χ4n) is 3.76. The van der Waals surface area contributed by atoms with E-state index in [9.17, 15) is 14.0 Å². The van der Waals surface area contributed by atoms with Gasteiger partial charge in [0.1, 0.15) is 23.5 Å². The van der Waals surface area contributed by atoms with Crippen LogP contribution in [0.25, 0.3) is 22.3 Å². The van der Waals surface area contributed by atoms with E-state index in [1.165, 1.54) is 12.1 Å². The Bertz CT molecular complexity index is 1240. The van der Waals surface area contributed by atoms with Crippen molar-refractivity contribution in [2.24, 2.45) is 0 Å². The summed E-state index contributed by atoms with van der Waals surface area (Å²) in [6, 6.07) is 9.71. The monoisotopic (exact) mass is 481 g/mol. The van der Waals surface area contributed by atoms with Crippen molar-refractivity contribution in [3.63, 3.8) is 0 Å². The summed E-state index contributed by atoms with van der Waals surface area (Å²) >= 11 is 0. The highest BCUT2D eigenvalue weighted by Crippen LogP contribution is 2.27. The van der Waals surface area contributed by atoms with Gasteiger partial charge in [0, 0.05) is 31.7 Å². The van der Waals surface area contributed by atoms with Crippen LogP contribution in [-0.2, 0) is 9.53 Å². The number of fused-ring (bicyclic) bond motifs is 1. The number of nitrogen functional groups attached to an aromatic ring is 1. The number of nitrogens with one attached hydrogen (secondary N) is 1. The molecule has 1 aromatic carbocycles. The minimum Gasteiger partial charge on any atom is -0.444 e. The standard InChI is InChI=1S/C24H28FN7O3/c1-24(2,3)35-23(34)27-14-19(33)31-10-12-32(13-11-31)21-20-18(29-22(26)30-21)9-8-17(28-20)15-4-6-16(25)7-5-15/h4-9H,10-14H2,1-3H3,(H,27,34)(H2,26,29,30). The summed E-state index contributed by atoms with van der Waals surface area (Å²) < 4.78 is 18.5. The van der Waals surface area contributed by atoms with Crippen molar-refractivity contribution in [1.82, 2.24) is 25.2 Å². The highest BCUT2D eigenvalue weighted by Gasteiger charge is 2.25. The summed E-state index contributed by atoms with van der Waals surface area (Å²) in [5.74, 6) is 0.193. The van der Waals surface area contributed by atoms with Gasteiger partial charge in [-0.05, 0) is 57.2 Å². The summed E-state index contributed by atoms with van der Waals surface area (Å²) in [5, 5.41) is 2.50. The Morgan fingerprint density at radius 1 is 1.03 bits per heavy atom. The van der Waals surface area contributed by atoms with E-state index in [1.807, 2.05) is 11.0 Å². The predicted molar refractivity (Wildman–Crippen MR) is 130 cm³/mol. The molecule has 0 unspecified atom stereocenters. The largest absolute Gasteiger partial charge is 0.444 e. The molecule has 2 amide bonds. The molecule has 1 aliphatic rings. The zero-order valence-electron chi connectivity index (χ0n) is 19.9. The van der Waals surface area contributed by atoms with Crippen LogP contribution in [-0.4, -0.2) is 70.2 Å². The first-order chi connectivity index (χ1) is 16.6. The predicted octanol–water partition coefficient (Wildman–Crippen LogP) is 2.59. The van der Waals surface area contributed by atoms with Crippen LogP contribution in [0.1, 0.15) is 20.8 Å². The third-order valence-electron chi connectivity index (χ3n) is 5.40.